The number of urea groups is 1. The first-order chi connectivity index (χ1) is 19.8. The van der Waals surface area contributed by atoms with Crippen molar-refractivity contribution in [1.29, 1.82) is 0 Å². The summed E-state index contributed by atoms with van der Waals surface area (Å²) in [6, 6.07) is 17.1. The zero-order chi connectivity index (χ0) is 29.4. The Morgan fingerprint density at radius 3 is 2.37 bits per heavy atom. The number of hydrogen-bond donors (Lipinski definition) is 1. The first-order valence-corrected chi connectivity index (χ1v) is 13.0. The normalized spacial score (nSPS) is 14.1. The number of nitrogens with zero attached hydrogens (tertiary/aromatic N) is 2. The first kappa shape index (κ1) is 28.8. The molecule has 0 aliphatic carbocycles. The minimum atomic E-state index is -0.818. The van der Waals surface area contributed by atoms with Gasteiger partial charge in [0.1, 0.15) is 17.9 Å². The molecule has 0 aromatic heterocycles. The fraction of sp³-hybridized carbons (Fsp3) is 0.233. The van der Waals surface area contributed by atoms with Gasteiger partial charge in [0, 0.05) is 12.1 Å². The van der Waals surface area contributed by atoms with Crippen LogP contribution < -0.4 is 19.5 Å². The summed E-state index contributed by atoms with van der Waals surface area (Å²) in [5.41, 5.74) is 1.64. The number of nitro benzene ring substituents is 1. The van der Waals surface area contributed by atoms with Gasteiger partial charge in [-0.15, -0.1) is 0 Å². The van der Waals surface area contributed by atoms with Gasteiger partial charge in [0.05, 0.1) is 24.7 Å². The van der Waals surface area contributed by atoms with Gasteiger partial charge in [0.2, 0.25) is 0 Å². The molecular weight excluding hydrogens is 530 g/mol. The maximum Gasteiger partial charge on any atom is 0.331 e. The van der Waals surface area contributed by atoms with Gasteiger partial charge in [-0.1, -0.05) is 25.1 Å². The summed E-state index contributed by atoms with van der Waals surface area (Å²) in [6.45, 7) is 4.84. The molecule has 1 aliphatic rings. The van der Waals surface area contributed by atoms with E-state index < -0.39 is 22.8 Å². The van der Waals surface area contributed by atoms with Crippen molar-refractivity contribution >= 4 is 29.6 Å². The van der Waals surface area contributed by atoms with Crippen LogP contribution in [0, 0.1) is 10.1 Å². The predicted octanol–water partition coefficient (Wildman–Crippen LogP) is 5.02. The van der Waals surface area contributed by atoms with Crippen molar-refractivity contribution in [2.45, 2.75) is 33.4 Å². The molecule has 1 N–H and O–H groups in total. The monoisotopic (exact) mass is 559 g/mol. The average molecular weight is 560 g/mol. The molecule has 3 aromatic carbocycles. The highest BCUT2D eigenvalue weighted by Crippen LogP contribution is 2.30. The fourth-order valence-corrected chi connectivity index (χ4v) is 4.01. The number of carbonyl (C=O) groups excluding carboxylic acids is 3. The lowest BCUT2D eigenvalue weighted by molar-refractivity contribution is -0.384. The quantitative estimate of drug-likeness (QED) is 0.141. The van der Waals surface area contributed by atoms with Crippen molar-refractivity contribution < 1.29 is 33.5 Å². The number of benzene rings is 3. The van der Waals surface area contributed by atoms with Gasteiger partial charge in [-0.2, -0.15) is 0 Å². The zero-order valence-electron chi connectivity index (χ0n) is 22.6. The van der Waals surface area contributed by atoms with E-state index in [1.807, 2.05) is 13.8 Å². The van der Waals surface area contributed by atoms with Crippen LogP contribution in [-0.4, -0.2) is 40.9 Å². The van der Waals surface area contributed by atoms with E-state index in [9.17, 15) is 24.5 Å². The van der Waals surface area contributed by atoms with Crippen LogP contribution in [-0.2, 0) is 22.7 Å². The lowest BCUT2D eigenvalue weighted by Crippen LogP contribution is -2.53. The van der Waals surface area contributed by atoms with Crippen LogP contribution in [0.5, 0.6) is 17.2 Å². The second-order valence-electron chi connectivity index (χ2n) is 9.06. The third kappa shape index (κ3) is 7.27. The average Bonchev–Trinajstić information content (AvgIpc) is 2.96. The van der Waals surface area contributed by atoms with Crippen molar-refractivity contribution in [3.05, 3.63) is 99.1 Å². The number of hydrogen-bond acceptors (Lipinski definition) is 8. The van der Waals surface area contributed by atoms with Crippen molar-refractivity contribution in [2.75, 3.05) is 13.2 Å². The maximum atomic E-state index is 13.3. The van der Waals surface area contributed by atoms with Crippen molar-refractivity contribution in [3.63, 3.8) is 0 Å². The van der Waals surface area contributed by atoms with Gasteiger partial charge in [-0.25, -0.2) is 4.79 Å². The Labute approximate surface area is 236 Å². The summed E-state index contributed by atoms with van der Waals surface area (Å²) in [5, 5.41) is 13.1. The summed E-state index contributed by atoms with van der Waals surface area (Å²) in [7, 11) is 0. The topological polar surface area (TPSA) is 137 Å². The van der Waals surface area contributed by atoms with Crippen LogP contribution in [0.15, 0.2) is 72.3 Å². The van der Waals surface area contributed by atoms with E-state index in [1.165, 1.54) is 18.2 Å². The van der Waals surface area contributed by atoms with Gasteiger partial charge in [0.15, 0.2) is 11.5 Å². The number of ether oxygens (including phenoxy) is 3. The molecule has 1 heterocycles. The summed E-state index contributed by atoms with van der Waals surface area (Å²) in [6.07, 6.45) is 2.22. The third-order valence-corrected chi connectivity index (χ3v) is 6.02. The van der Waals surface area contributed by atoms with E-state index in [0.717, 1.165) is 16.9 Å². The predicted molar refractivity (Wildman–Crippen MR) is 149 cm³/mol. The van der Waals surface area contributed by atoms with Gasteiger partial charge in [-0.3, -0.25) is 29.9 Å². The highest BCUT2D eigenvalue weighted by molar-refractivity contribution is 6.30. The Kier molecular flexibility index (Phi) is 9.31. The molecule has 1 saturated heterocycles. The molecule has 4 amide bonds. The SMILES string of the molecule is CCCOc1ccc(CN2C(=O)NC(=O)/C(=C/c3cccc(OCc4ccc([N+](=O)[O-])cc4)c3)C2=O)cc1OCC. The summed E-state index contributed by atoms with van der Waals surface area (Å²) < 4.78 is 17.2. The number of nitro groups is 1. The van der Waals surface area contributed by atoms with E-state index in [2.05, 4.69) is 5.32 Å². The van der Waals surface area contributed by atoms with E-state index in [0.29, 0.717) is 41.6 Å². The first-order valence-electron chi connectivity index (χ1n) is 13.0. The zero-order valence-corrected chi connectivity index (χ0v) is 22.6. The number of carbonyl (C=O) groups is 3. The van der Waals surface area contributed by atoms with E-state index in [1.54, 1.807) is 54.6 Å². The van der Waals surface area contributed by atoms with Gasteiger partial charge < -0.3 is 14.2 Å². The molecule has 0 saturated carbocycles. The van der Waals surface area contributed by atoms with Crippen LogP contribution in [0.4, 0.5) is 10.5 Å². The highest BCUT2D eigenvalue weighted by atomic mass is 16.6. The number of barbiturate groups is 1. The van der Waals surface area contributed by atoms with Crippen LogP contribution in [0.2, 0.25) is 0 Å². The van der Waals surface area contributed by atoms with Gasteiger partial charge in [-0.05, 0) is 72.5 Å². The Morgan fingerprint density at radius 2 is 1.66 bits per heavy atom. The molecule has 0 unspecified atom stereocenters. The number of non-ortho nitro benzene ring substituents is 1. The molecule has 3 aromatic rings. The van der Waals surface area contributed by atoms with Crippen LogP contribution in [0.1, 0.15) is 37.0 Å². The Balaban J connectivity index is 1.49. The van der Waals surface area contributed by atoms with E-state index in [4.69, 9.17) is 14.2 Å². The number of rotatable bonds is 12. The summed E-state index contributed by atoms with van der Waals surface area (Å²) in [5.74, 6) is -0.00542. The fourth-order valence-electron chi connectivity index (χ4n) is 4.01. The minimum Gasteiger partial charge on any atom is -0.490 e. The molecule has 11 nitrogen and oxygen atoms in total. The molecular formula is C30H29N3O8. The van der Waals surface area contributed by atoms with Crippen molar-refractivity contribution in [3.8, 4) is 17.2 Å². The van der Waals surface area contributed by atoms with Crippen molar-refractivity contribution in [1.82, 2.24) is 10.2 Å². The molecule has 41 heavy (non-hydrogen) atoms. The second-order valence-corrected chi connectivity index (χ2v) is 9.06. The number of amides is 4. The van der Waals surface area contributed by atoms with Gasteiger partial charge >= 0.3 is 6.03 Å². The lowest BCUT2D eigenvalue weighted by Gasteiger charge is -2.26. The Morgan fingerprint density at radius 1 is 0.902 bits per heavy atom. The molecule has 0 spiro atoms. The Hall–Kier alpha value is -5.19. The summed E-state index contributed by atoms with van der Waals surface area (Å²) in [4.78, 5) is 49.8. The van der Waals surface area contributed by atoms with E-state index in [-0.39, 0.29) is 24.4 Å². The lowest BCUT2D eigenvalue weighted by atomic mass is 10.1. The van der Waals surface area contributed by atoms with Crippen molar-refractivity contribution in [2.24, 2.45) is 0 Å². The second kappa shape index (κ2) is 13.2. The van der Waals surface area contributed by atoms with Crippen LogP contribution in [0.3, 0.4) is 0 Å². The molecule has 0 radical (unpaired) electrons. The molecule has 0 bridgehead atoms. The smallest absolute Gasteiger partial charge is 0.331 e. The van der Waals surface area contributed by atoms with Crippen LogP contribution >= 0.6 is 0 Å². The molecule has 212 valence electrons. The Bertz CT molecular complexity index is 1480. The maximum absolute atomic E-state index is 13.3. The molecule has 1 aliphatic heterocycles. The molecule has 4 rings (SSSR count). The minimum absolute atomic E-state index is 0.0157. The third-order valence-electron chi connectivity index (χ3n) is 6.02. The molecule has 11 heteroatoms. The number of imide groups is 2. The molecule has 0 atom stereocenters. The van der Waals surface area contributed by atoms with Crippen LogP contribution in [0.25, 0.3) is 6.08 Å². The molecule has 1 fully saturated rings. The largest absolute Gasteiger partial charge is 0.490 e. The summed E-state index contributed by atoms with van der Waals surface area (Å²) >= 11 is 0. The highest BCUT2D eigenvalue weighted by Gasteiger charge is 2.35. The number of nitrogens with one attached hydrogen (secondary N) is 1. The van der Waals surface area contributed by atoms with Gasteiger partial charge in [0.25, 0.3) is 17.5 Å². The standard InChI is InChI=1S/C30H29N3O8/c1-3-14-40-26-13-10-22(17-27(26)39-4-2)18-32-29(35)25(28(34)31-30(32)36)16-21-6-5-7-24(15-21)41-19-20-8-11-23(12-9-20)33(37)38/h5-13,15-17H,3-4,14,18-19H2,1-2H3,(H,31,34,36)/b25-16-. The van der Waals surface area contributed by atoms with E-state index >= 15 is 0 Å².